The quantitative estimate of drug-likeness (QED) is 0.317. The van der Waals surface area contributed by atoms with Crippen molar-refractivity contribution in [3.05, 3.63) is 0 Å². The number of aliphatic hydroxyl groups is 1. The first-order valence-electron chi connectivity index (χ1n) is 8.22. The standard InChI is InChI=1S/C15H29N3O3S.HI/c1-3-16-14(18-12-4-6-13(19)7-5-12)17-10-15(8-9-15)11-22(2,20)21;/h12-13,19H,3-11H2,1-2H3,(H2,16,17,18);1H. The van der Waals surface area contributed by atoms with Gasteiger partial charge in [-0.2, -0.15) is 0 Å². The van der Waals surface area contributed by atoms with Gasteiger partial charge in [0.15, 0.2) is 5.96 Å². The van der Waals surface area contributed by atoms with E-state index in [1.54, 1.807) is 0 Å². The lowest BCUT2D eigenvalue weighted by molar-refractivity contribution is 0.120. The van der Waals surface area contributed by atoms with Crippen LogP contribution in [-0.2, 0) is 9.84 Å². The summed E-state index contributed by atoms with van der Waals surface area (Å²) >= 11 is 0. The van der Waals surface area contributed by atoms with Gasteiger partial charge in [0, 0.05) is 30.8 Å². The molecule has 2 aliphatic rings. The van der Waals surface area contributed by atoms with Crippen molar-refractivity contribution < 1.29 is 13.5 Å². The van der Waals surface area contributed by atoms with Gasteiger partial charge in [0.1, 0.15) is 9.84 Å². The average Bonchev–Trinajstić information content (AvgIpc) is 3.17. The fourth-order valence-corrected chi connectivity index (χ4v) is 4.55. The van der Waals surface area contributed by atoms with Crippen LogP contribution < -0.4 is 10.6 Å². The van der Waals surface area contributed by atoms with Gasteiger partial charge in [-0.25, -0.2) is 8.42 Å². The van der Waals surface area contributed by atoms with Crippen molar-refractivity contribution in [2.24, 2.45) is 10.4 Å². The summed E-state index contributed by atoms with van der Waals surface area (Å²) in [5.41, 5.74) is -0.140. The van der Waals surface area contributed by atoms with Gasteiger partial charge in [-0.05, 0) is 45.4 Å². The van der Waals surface area contributed by atoms with E-state index in [1.165, 1.54) is 6.26 Å². The van der Waals surface area contributed by atoms with Crippen LogP contribution >= 0.6 is 24.0 Å². The van der Waals surface area contributed by atoms with Crippen molar-refractivity contribution in [1.82, 2.24) is 10.6 Å². The lowest BCUT2D eigenvalue weighted by atomic mass is 9.93. The summed E-state index contributed by atoms with van der Waals surface area (Å²) in [6.45, 7) is 3.36. The van der Waals surface area contributed by atoms with E-state index < -0.39 is 9.84 Å². The summed E-state index contributed by atoms with van der Waals surface area (Å²) in [6, 6.07) is 0.339. The molecular weight excluding hydrogens is 429 g/mol. The molecule has 0 aromatic heterocycles. The molecule has 0 amide bonds. The molecule has 0 heterocycles. The van der Waals surface area contributed by atoms with Gasteiger partial charge in [0.05, 0.1) is 11.9 Å². The van der Waals surface area contributed by atoms with E-state index in [-0.39, 0.29) is 41.2 Å². The van der Waals surface area contributed by atoms with Crippen molar-refractivity contribution >= 4 is 39.8 Å². The van der Waals surface area contributed by atoms with Crippen LogP contribution in [-0.4, -0.2) is 56.7 Å². The molecule has 8 heteroatoms. The summed E-state index contributed by atoms with van der Waals surface area (Å²) in [7, 11) is -2.95. The number of nitrogens with zero attached hydrogens (tertiary/aromatic N) is 1. The highest BCUT2D eigenvalue weighted by Gasteiger charge is 2.45. The van der Waals surface area contributed by atoms with Gasteiger partial charge in [-0.3, -0.25) is 4.99 Å². The molecule has 0 spiro atoms. The molecule has 23 heavy (non-hydrogen) atoms. The SMILES string of the molecule is CCNC(=NCC1(CS(C)(=O)=O)CC1)NC1CCC(O)CC1.I. The van der Waals surface area contributed by atoms with Crippen LogP contribution in [0.5, 0.6) is 0 Å². The third-order valence-electron chi connectivity index (χ3n) is 4.48. The molecular formula is C15H30IN3O3S. The highest BCUT2D eigenvalue weighted by Crippen LogP contribution is 2.46. The zero-order valence-electron chi connectivity index (χ0n) is 14.0. The maximum absolute atomic E-state index is 11.5. The molecule has 0 aromatic carbocycles. The van der Waals surface area contributed by atoms with Crippen LogP contribution in [0.2, 0.25) is 0 Å². The zero-order valence-corrected chi connectivity index (χ0v) is 17.2. The van der Waals surface area contributed by atoms with Crippen LogP contribution in [0.1, 0.15) is 45.4 Å². The van der Waals surface area contributed by atoms with Gasteiger partial charge < -0.3 is 15.7 Å². The van der Waals surface area contributed by atoms with Gasteiger partial charge in [0.25, 0.3) is 0 Å². The second-order valence-corrected chi connectivity index (χ2v) is 9.06. The van der Waals surface area contributed by atoms with Crippen molar-refractivity contribution in [2.75, 3.05) is 25.1 Å². The Morgan fingerprint density at radius 1 is 1.26 bits per heavy atom. The van der Waals surface area contributed by atoms with E-state index in [1.807, 2.05) is 6.92 Å². The summed E-state index contributed by atoms with van der Waals surface area (Å²) < 4.78 is 23.0. The maximum atomic E-state index is 11.5. The van der Waals surface area contributed by atoms with Crippen molar-refractivity contribution in [3.63, 3.8) is 0 Å². The second kappa shape index (κ2) is 8.84. The summed E-state index contributed by atoms with van der Waals surface area (Å²) in [5, 5.41) is 16.2. The molecule has 0 atom stereocenters. The van der Waals surface area contributed by atoms with Crippen LogP contribution in [0, 0.1) is 5.41 Å². The van der Waals surface area contributed by atoms with Crippen LogP contribution in [0.25, 0.3) is 0 Å². The Kier molecular flexibility index (Phi) is 8.06. The number of hydrogen-bond acceptors (Lipinski definition) is 4. The van der Waals surface area contributed by atoms with Crippen LogP contribution in [0.15, 0.2) is 4.99 Å². The fraction of sp³-hybridized carbons (Fsp3) is 0.933. The third-order valence-corrected chi connectivity index (χ3v) is 5.62. The molecule has 2 aliphatic carbocycles. The monoisotopic (exact) mass is 459 g/mol. The number of hydrogen-bond donors (Lipinski definition) is 3. The minimum atomic E-state index is -2.95. The van der Waals surface area contributed by atoms with E-state index in [0.29, 0.717) is 12.6 Å². The van der Waals surface area contributed by atoms with Gasteiger partial charge >= 0.3 is 0 Å². The lowest BCUT2D eigenvalue weighted by Crippen LogP contribution is -2.45. The number of aliphatic imine (C=N–C) groups is 1. The number of aliphatic hydroxyl groups excluding tert-OH is 1. The number of sulfone groups is 1. The molecule has 0 radical (unpaired) electrons. The molecule has 2 fully saturated rings. The van der Waals surface area contributed by atoms with Crippen LogP contribution in [0.3, 0.4) is 0 Å². The van der Waals surface area contributed by atoms with Crippen LogP contribution in [0.4, 0.5) is 0 Å². The normalized spacial score (nSPS) is 27.0. The number of rotatable bonds is 6. The Morgan fingerprint density at radius 3 is 2.35 bits per heavy atom. The first-order valence-corrected chi connectivity index (χ1v) is 10.3. The second-order valence-electron chi connectivity index (χ2n) is 6.92. The number of halogens is 1. The molecule has 3 N–H and O–H groups in total. The maximum Gasteiger partial charge on any atom is 0.191 e. The zero-order chi connectivity index (χ0) is 16.2. The molecule has 0 bridgehead atoms. The molecule has 0 unspecified atom stereocenters. The Balaban J connectivity index is 0.00000264. The van der Waals surface area contributed by atoms with Crippen molar-refractivity contribution in [2.45, 2.75) is 57.6 Å². The summed E-state index contributed by atoms with van der Waals surface area (Å²) in [5.74, 6) is 1.00. The Labute approximate surface area is 156 Å². The number of nitrogens with one attached hydrogen (secondary N) is 2. The molecule has 0 saturated heterocycles. The Bertz CT molecular complexity index is 498. The predicted molar refractivity (Wildman–Crippen MR) is 104 cm³/mol. The van der Waals surface area contributed by atoms with Gasteiger partial charge in [-0.15, -0.1) is 24.0 Å². The van der Waals surface area contributed by atoms with Gasteiger partial charge in [-0.1, -0.05) is 0 Å². The Morgan fingerprint density at radius 2 is 1.87 bits per heavy atom. The van der Waals surface area contributed by atoms with Gasteiger partial charge in [0.2, 0.25) is 0 Å². The first kappa shape index (κ1) is 21.0. The van der Waals surface area contributed by atoms with E-state index in [0.717, 1.165) is 51.0 Å². The molecule has 6 nitrogen and oxygen atoms in total. The molecule has 2 rings (SSSR count). The lowest BCUT2D eigenvalue weighted by Gasteiger charge is -2.27. The largest absolute Gasteiger partial charge is 0.393 e. The number of guanidine groups is 1. The molecule has 136 valence electrons. The topological polar surface area (TPSA) is 90.8 Å². The van der Waals surface area contributed by atoms with E-state index in [4.69, 9.17) is 0 Å². The third kappa shape index (κ3) is 7.55. The van der Waals surface area contributed by atoms with E-state index >= 15 is 0 Å². The average molecular weight is 459 g/mol. The molecule has 2 saturated carbocycles. The Hall–Kier alpha value is -0.0900. The smallest absolute Gasteiger partial charge is 0.191 e. The summed E-state index contributed by atoms with van der Waals surface area (Å²) in [6.07, 6.45) is 6.57. The van der Waals surface area contributed by atoms with Crippen molar-refractivity contribution in [3.8, 4) is 0 Å². The minimum absolute atomic E-state index is 0. The molecule has 0 aliphatic heterocycles. The highest BCUT2D eigenvalue weighted by molar-refractivity contribution is 14.0. The highest BCUT2D eigenvalue weighted by atomic mass is 127. The van der Waals surface area contributed by atoms with Crippen molar-refractivity contribution in [1.29, 1.82) is 0 Å². The van der Waals surface area contributed by atoms with E-state index in [9.17, 15) is 13.5 Å². The predicted octanol–water partition coefficient (Wildman–Crippen LogP) is 1.29. The fourth-order valence-electron chi connectivity index (χ4n) is 3.06. The first-order chi connectivity index (χ1) is 10.3. The minimum Gasteiger partial charge on any atom is -0.393 e. The summed E-state index contributed by atoms with van der Waals surface area (Å²) in [4.78, 5) is 4.61. The molecule has 0 aromatic rings. The van der Waals surface area contributed by atoms with E-state index in [2.05, 4.69) is 15.6 Å².